The predicted octanol–water partition coefficient (Wildman–Crippen LogP) is 2.67. The minimum absolute atomic E-state index is 0.149. The van der Waals surface area contributed by atoms with Crippen LogP contribution < -0.4 is 0 Å². The molecule has 1 saturated carbocycles. The van der Waals surface area contributed by atoms with E-state index in [1.807, 2.05) is 0 Å². The van der Waals surface area contributed by atoms with E-state index in [2.05, 4.69) is 19.6 Å². The highest BCUT2D eigenvalue weighted by Crippen LogP contribution is 2.40. The van der Waals surface area contributed by atoms with Crippen molar-refractivity contribution in [2.45, 2.75) is 38.7 Å². The molecule has 2 bridgehead atoms. The summed E-state index contributed by atoms with van der Waals surface area (Å²) in [6, 6.07) is 0. The average molecular weight is 178 g/mol. The molecule has 1 nitrogen and oxygen atoms in total. The van der Waals surface area contributed by atoms with Gasteiger partial charge in [-0.3, -0.25) is 0 Å². The summed E-state index contributed by atoms with van der Waals surface area (Å²) < 4.78 is 0. The molecular weight excluding hydrogens is 160 g/mol. The Morgan fingerprint density at radius 3 is 2.92 bits per heavy atom. The van der Waals surface area contributed by atoms with Gasteiger partial charge in [-0.25, -0.2) is 0 Å². The molecule has 1 heteroatoms. The Hall–Kier alpha value is -0.560. The summed E-state index contributed by atoms with van der Waals surface area (Å²) in [5.74, 6) is 1.26. The van der Waals surface area contributed by atoms with Gasteiger partial charge >= 0.3 is 0 Å². The van der Waals surface area contributed by atoms with E-state index in [4.69, 9.17) is 0 Å². The first-order chi connectivity index (χ1) is 6.16. The second-order valence-corrected chi connectivity index (χ2v) is 4.57. The van der Waals surface area contributed by atoms with Crippen LogP contribution in [0.2, 0.25) is 0 Å². The SMILES string of the molecule is C=C1C[C@@H](O)C[C@H]2C[C@@H]1CC=C2C. The van der Waals surface area contributed by atoms with Crippen molar-refractivity contribution in [1.82, 2.24) is 0 Å². The lowest BCUT2D eigenvalue weighted by Gasteiger charge is -2.26. The Balaban J connectivity index is 2.22. The summed E-state index contributed by atoms with van der Waals surface area (Å²) in [5, 5.41) is 9.74. The van der Waals surface area contributed by atoms with E-state index in [9.17, 15) is 5.11 Å². The van der Waals surface area contributed by atoms with Gasteiger partial charge in [0.1, 0.15) is 0 Å². The van der Waals surface area contributed by atoms with Gasteiger partial charge in [0.25, 0.3) is 0 Å². The fourth-order valence-electron chi connectivity index (χ4n) is 2.62. The van der Waals surface area contributed by atoms with Crippen LogP contribution in [-0.2, 0) is 0 Å². The molecule has 1 N–H and O–H groups in total. The normalized spacial score (nSPS) is 39.7. The van der Waals surface area contributed by atoms with Crippen LogP contribution in [0.4, 0.5) is 0 Å². The van der Waals surface area contributed by atoms with E-state index < -0.39 is 0 Å². The minimum atomic E-state index is -0.149. The van der Waals surface area contributed by atoms with Gasteiger partial charge in [-0.15, -0.1) is 0 Å². The molecule has 0 aliphatic heterocycles. The zero-order valence-corrected chi connectivity index (χ0v) is 8.29. The number of allylic oxidation sites excluding steroid dienone is 2. The lowest BCUT2D eigenvalue weighted by molar-refractivity contribution is 0.154. The van der Waals surface area contributed by atoms with Crippen LogP contribution in [0.1, 0.15) is 32.6 Å². The molecule has 0 unspecified atom stereocenters. The van der Waals surface area contributed by atoms with Crippen molar-refractivity contribution in [2.24, 2.45) is 11.8 Å². The van der Waals surface area contributed by atoms with E-state index in [0.29, 0.717) is 11.8 Å². The lowest BCUT2D eigenvalue weighted by atomic mass is 9.80. The molecule has 1 fully saturated rings. The summed E-state index contributed by atoms with van der Waals surface area (Å²) in [6.07, 6.45) is 6.32. The standard InChI is InChI=1S/C12H18O/c1-8-3-4-10-6-11(8)7-12(13)5-9(10)2/h3,10-13H,2,4-7H2,1H3/t10-,11+,12+/m0/s1. The molecule has 0 aromatic carbocycles. The van der Waals surface area contributed by atoms with Gasteiger partial charge in [-0.1, -0.05) is 23.8 Å². The molecule has 2 aliphatic carbocycles. The first-order valence-corrected chi connectivity index (χ1v) is 5.19. The van der Waals surface area contributed by atoms with Crippen molar-refractivity contribution >= 4 is 0 Å². The third kappa shape index (κ3) is 1.71. The van der Waals surface area contributed by atoms with Crippen LogP contribution in [-0.4, -0.2) is 11.2 Å². The Morgan fingerprint density at radius 2 is 2.15 bits per heavy atom. The Morgan fingerprint density at radius 1 is 1.38 bits per heavy atom. The number of hydrogen-bond donors (Lipinski definition) is 1. The van der Waals surface area contributed by atoms with Crippen LogP contribution >= 0.6 is 0 Å². The number of aliphatic hydroxyl groups excluding tert-OH is 1. The molecule has 0 amide bonds. The summed E-state index contributed by atoms with van der Waals surface area (Å²) >= 11 is 0. The predicted molar refractivity (Wildman–Crippen MR) is 54.4 cm³/mol. The van der Waals surface area contributed by atoms with Gasteiger partial charge in [0.05, 0.1) is 6.10 Å². The van der Waals surface area contributed by atoms with Crippen LogP contribution in [0, 0.1) is 11.8 Å². The molecule has 2 rings (SSSR count). The molecule has 2 aliphatic rings. The number of hydrogen-bond acceptors (Lipinski definition) is 1. The molecule has 0 aromatic heterocycles. The number of rotatable bonds is 0. The largest absolute Gasteiger partial charge is 0.393 e. The Labute approximate surface area is 80.2 Å². The third-order valence-electron chi connectivity index (χ3n) is 3.57. The van der Waals surface area contributed by atoms with Crippen LogP contribution in [0.3, 0.4) is 0 Å². The number of aliphatic hydroxyl groups is 1. The highest BCUT2D eigenvalue weighted by Gasteiger charge is 2.29. The molecule has 13 heavy (non-hydrogen) atoms. The molecule has 0 saturated heterocycles. The van der Waals surface area contributed by atoms with E-state index in [-0.39, 0.29) is 6.10 Å². The number of fused-ring (bicyclic) bond motifs is 2. The Kier molecular flexibility index (Phi) is 2.29. The molecule has 72 valence electrons. The topological polar surface area (TPSA) is 20.2 Å². The highest BCUT2D eigenvalue weighted by atomic mass is 16.3. The van der Waals surface area contributed by atoms with E-state index in [1.54, 1.807) is 0 Å². The highest BCUT2D eigenvalue weighted by molar-refractivity contribution is 5.18. The molecular formula is C12H18O. The van der Waals surface area contributed by atoms with Crippen LogP contribution in [0.5, 0.6) is 0 Å². The zero-order valence-electron chi connectivity index (χ0n) is 8.29. The quantitative estimate of drug-likeness (QED) is 0.565. The van der Waals surface area contributed by atoms with E-state index >= 15 is 0 Å². The van der Waals surface area contributed by atoms with Gasteiger partial charge in [-0.05, 0) is 44.4 Å². The molecule has 3 atom stereocenters. The van der Waals surface area contributed by atoms with Crippen molar-refractivity contribution in [3.63, 3.8) is 0 Å². The van der Waals surface area contributed by atoms with Crippen molar-refractivity contribution in [3.8, 4) is 0 Å². The smallest absolute Gasteiger partial charge is 0.0583 e. The van der Waals surface area contributed by atoms with Crippen molar-refractivity contribution in [1.29, 1.82) is 0 Å². The molecule has 0 spiro atoms. The van der Waals surface area contributed by atoms with Crippen molar-refractivity contribution in [2.75, 3.05) is 0 Å². The van der Waals surface area contributed by atoms with Crippen molar-refractivity contribution in [3.05, 3.63) is 23.8 Å². The van der Waals surface area contributed by atoms with E-state index in [0.717, 1.165) is 19.3 Å². The molecule has 0 aromatic rings. The summed E-state index contributed by atoms with van der Waals surface area (Å²) in [6.45, 7) is 6.28. The second-order valence-electron chi connectivity index (χ2n) is 4.57. The maximum atomic E-state index is 9.74. The average Bonchev–Trinajstić information content (AvgIpc) is 2.18. The van der Waals surface area contributed by atoms with Crippen LogP contribution in [0.25, 0.3) is 0 Å². The van der Waals surface area contributed by atoms with Gasteiger partial charge in [0, 0.05) is 0 Å². The van der Waals surface area contributed by atoms with Gasteiger partial charge in [0.15, 0.2) is 0 Å². The molecule has 0 heterocycles. The second kappa shape index (κ2) is 3.30. The monoisotopic (exact) mass is 178 g/mol. The zero-order chi connectivity index (χ0) is 9.42. The molecule has 0 radical (unpaired) electrons. The van der Waals surface area contributed by atoms with Gasteiger partial charge in [0.2, 0.25) is 0 Å². The fourth-order valence-corrected chi connectivity index (χ4v) is 2.62. The first-order valence-electron chi connectivity index (χ1n) is 5.19. The minimum Gasteiger partial charge on any atom is -0.393 e. The van der Waals surface area contributed by atoms with Crippen molar-refractivity contribution < 1.29 is 5.11 Å². The maximum Gasteiger partial charge on any atom is 0.0583 e. The van der Waals surface area contributed by atoms with E-state index in [1.165, 1.54) is 17.6 Å². The lowest BCUT2D eigenvalue weighted by Crippen LogP contribution is -2.14. The fraction of sp³-hybridized carbons (Fsp3) is 0.667. The maximum absolute atomic E-state index is 9.74. The van der Waals surface area contributed by atoms with Gasteiger partial charge in [-0.2, -0.15) is 0 Å². The summed E-state index contributed by atoms with van der Waals surface area (Å²) in [5.41, 5.74) is 2.74. The summed E-state index contributed by atoms with van der Waals surface area (Å²) in [4.78, 5) is 0. The summed E-state index contributed by atoms with van der Waals surface area (Å²) in [7, 11) is 0. The van der Waals surface area contributed by atoms with Crippen LogP contribution in [0.15, 0.2) is 23.8 Å². The Bertz CT molecular complexity index is 252. The third-order valence-corrected chi connectivity index (χ3v) is 3.57. The van der Waals surface area contributed by atoms with Gasteiger partial charge < -0.3 is 5.11 Å². The first kappa shape index (κ1) is 9.01.